The van der Waals surface area contributed by atoms with Crippen LogP contribution in [0.15, 0.2) is 0 Å². The number of nitrogens with one attached hydrogen (secondary N) is 1. The number of hydrogen-bond donors (Lipinski definition) is 1. The lowest BCUT2D eigenvalue weighted by molar-refractivity contribution is -0.119. The molecule has 0 aromatic rings. The van der Waals surface area contributed by atoms with Crippen LogP contribution >= 0.6 is 0 Å². The van der Waals surface area contributed by atoms with E-state index in [-0.39, 0.29) is 19.1 Å². The van der Waals surface area contributed by atoms with Gasteiger partial charge in [0, 0.05) is 13.5 Å². The van der Waals surface area contributed by atoms with Gasteiger partial charge < -0.3 is 10.1 Å². The summed E-state index contributed by atoms with van der Waals surface area (Å²) in [6, 6.07) is 0. The van der Waals surface area contributed by atoms with Crippen molar-refractivity contribution in [2.24, 2.45) is 0 Å². The molecule has 0 aliphatic rings. The number of ketones is 1. The van der Waals surface area contributed by atoms with Gasteiger partial charge in [-0.2, -0.15) is 0 Å². The van der Waals surface area contributed by atoms with E-state index in [1.807, 2.05) is 6.92 Å². The fourth-order valence-electron chi connectivity index (χ4n) is 0.301. The highest BCUT2D eigenvalue weighted by Crippen LogP contribution is 1.67. The fourth-order valence-corrected chi connectivity index (χ4v) is 0.301. The SMILES string of the molecule is C.CC(C)=O.CCCNC(C)=O. The first-order valence-corrected chi connectivity index (χ1v) is 3.72. The zero-order chi connectivity index (χ0) is 9.28. The molecule has 0 rings (SSSR count). The smallest absolute Gasteiger partial charge is 0.216 e. The minimum Gasteiger partial charge on any atom is -0.356 e. The quantitative estimate of drug-likeness (QED) is 0.695. The molecule has 0 saturated carbocycles. The van der Waals surface area contributed by atoms with E-state index in [0.29, 0.717) is 0 Å². The van der Waals surface area contributed by atoms with Crippen molar-refractivity contribution in [3.05, 3.63) is 0 Å². The number of carbonyl (C=O) groups excluding carboxylic acids is 2. The molecule has 0 bridgehead atoms. The molecule has 0 radical (unpaired) electrons. The summed E-state index contributed by atoms with van der Waals surface area (Å²) in [6.07, 6.45) is 1.01. The van der Waals surface area contributed by atoms with E-state index < -0.39 is 0 Å². The van der Waals surface area contributed by atoms with Gasteiger partial charge in [-0.05, 0) is 20.3 Å². The predicted molar refractivity (Wildman–Crippen MR) is 52.1 cm³/mol. The Morgan fingerprint density at radius 2 is 1.50 bits per heavy atom. The van der Waals surface area contributed by atoms with Crippen LogP contribution in [0.1, 0.15) is 41.5 Å². The lowest BCUT2D eigenvalue weighted by atomic mass is 10.5. The summed E-state index contributed by atoms with van der Waals surface area (Å²) < 4.78 is 0. The van der Waals surface area contributed by atoms with E-state index >= 15 is 0 Å². The van der Waals surface area contributed by atoms with Gasteiger partial charge in [-0.3, -0.25) is 4.79 Å². The fraction of sp³-hybridized carbons (Fsp3) is 0.778. The molecule has 1 amide bonds. The second kappa shape index (κ2) is 12.8. The molecular weight excluding hydrogens is 154 g/mol. The molecule has 1 N–H and O–H groups in total. The summed E-state index contributed by atoms with van der Waals surface area (Å²) in [5.74, 6) is 0.224. The van der Waals surface area contributed by atoms with Gasteiger partial charge in [-0.15, -0.1) is 0 Å². The van der Waals surface area contributed by atoms with E-state index in [0.717, 1.165) is 13.0 Å². The highest BCUT2D eigenvalue weighted by Gasteiger charge is 1.83. The molecule has 0 unspecified atom stereocenters. The van der Waals surface area contributed by atoms with Crippen molar-refractivity contribution in [1.29, 1.82) is 0 Å². The number of amides is 1. The monoisotopic (exact) mass is 175 g/mol. The van der Waals surface area contributed by atoms with Crippen LogP contribution in [0.3, 0.4) is 0 Å². The van der Waals surface area contributed by atoms with Gasteiger partial charge in [-0.25, -0.2) is 0 Å². The molecule has 0 aliphatic carbocycles. The molecule has 0 saturated heterocycles. The van der Waals surface area contributed by atoms with Crippen molar-refractivity contribution in [1.82, 2.24) is 5.32 Å². The molecule has 0 spiro atoms. The normalized spacial score (nSPS) is 7.00. The molecule has 3 nitrogen and oxygen atoms in total. The molecule has 0 atom stereocenters. The Kier molecular flexibility index (Phi) is 18.4. The average molecular weight is 175 g/mol. The van der Waals surface area contributed by atoms with Crippen LogP contribution in [0.2, 0.25) is 0 Å². The van der Waals surface area contributed by atoms with Crippen molar-refractivity contribution in [2.45, 2.75) is 41.5 Å². The van der Waals surface area contributed by atoms with Gasteiger partial charge in [0.05, 0.1) is 0 Å². The van der Waals surface area contributed by atoms with Crippen molar-refractivity contribution >= 4 is 11.7 Å². The standard InChI is InChI=1S/C5H11NO.C3H6O.CH4/c1-3-4-6-5(2)7;1-3(2)4;/h3-4H2,1-2H3,(H,6,7);1-2H3;1H4. The summed E-state index contributed by atoms with van der Waals surface area (Å²) in [6.45, 7) is 7.40. The Bertz CT molecular complexity index is 118. The van der Waals surface area contributed by atoms with Gasteiger partial charge in [0.15, 0.2) is 0 Å². The highest BCUT2D eigenvalue weighted by atomic mass is 16.1. The Balaban J connectivity index is -0.000000142. The Hall–Kier alpha value is -0.860. The molecule has 12 heavy (non-hydrogen) atoms. The molecular formula is C9H21NO2. The van der Waals surface area contributed by atoms with Crippen molar-refractivity contribution in [3.63, 3.8) is 0 Å². The third-order valence-corrected chi connectivity index (χ3v) is 0.624. The van der Waals surface area contributed by atoms with Gasteiger partial charge in [0.25, 0.3) is 0 Å². The molecule has 0 heterocycles. The topological polar surface area (TPSA) is 46.2 Å². The number of hydrogen-bond acceptors (Lipinski definition) is 2. The Morgan fingerprint density at radius 1 is 1.17 bits per heavy atom. The van der Waals surface area contributed by atoms with Crippen LogP contribution < -0.4 is 5.32 Å². The summed E-state index contributed by atoms with van der Waals surface area (Å²) in [4.78, 5) is 19.5. The molecule has 3 heteroatoms. The summed E-state index contributed by atoms with van der Waals surface area (Å²) in [5, 5.41) is 2.66. The molecule has 0 aromatic heterocycles. The molecule has 74 valence electrons. The van der Waals surface area contributed by atoms with Gasteiger partial charge >= 0.3 is 0 Å². The zero-order valence-electron chi connectivity index (χ0n) is 7.73. The van der Waals surface area contributed by atoms with Gasteiger partial charge in [0.2, 0.25) is 5.91 Å². The number of carbonyl (C=O) groups is 2. The van der Waals surface area contributed by atoms with E-state index in [4.69, 9.17) is 0 Å². The van der Waals surface area contributed by atoms with Gasteiger partial charge in [0.1, 0.15) is 5.78 Å². The molecule has 0 aliphatic heterocycles. The van der Waals surface area contributed by atoms with E-state index in [1.165, 1.54) is 20.8 Å². The van der Waals surface area contributed by atoms with E-state index in [1.54, 1.807) is 0 Å². The van der Waals surface area contributed by atoms with Crippen molar-refractivity contribution in [3.8, 4) is 0 Å². The van der Waals surface area contributed by atoms with Crippen LogP contribution in [0.4, 0.5) is 0 Å². The van der Waals surface area contributed by atoms with Crippen LogP contribution in [0.5, 0.6) is 0 Å². The summed E-state index contributed by atoms with van der Waals surface area (Å²) >= 11 is 0. The molecule has 0 fully saturated rings. The van der Waals surface area contributed by atoms with Crippen molar-refractivity contribution in [2.75, 3.05) is 6.54 Å². The lowest BCUT2D eigenvalue weighted by Gasteiger charge is -1.93. The summed E-state index contributed by atoms with van der Waals surface area (Å²) in [5.41, 5.74) is 0. The van der Waals surface area contributed by atoms with E-state index in [2.05, 4.69) is 5.32 Å². The first kappa shape index (κ1) is 17.3. The molecule has 0 aromatic carbocycles. The lowest BCUT2D eigenvalue weighted by Crippen LogP contribution is -2.19. The predicted octanol–water partition coefficient (Wildman–Crippen LogP) is 1.76. The second-order valence-electron chi connectivity index (χ2n) is 2.39. The number of Topliss-reactive ketones (excluding diaryl/α,β-unsaturated/α-hetero) is 1. The van der Waals surface area contributed by atoms with Crippen LogP contribution in [0.25, 0.3) is 0 Å². The van der Waals surface area contributed by atoms with Gasteiger partial charge in [-0.1, -0.05) is 14.4 Å². The third kappa shape index (κ3) is 61.4. The third-order valence-electron chi connectivity index (χ3n) is 0.624. The Morgan fingerprint density at radius 3 is 1.58 bits per heavy atom. The minimum absolute atomic E-state index is 0. The van der Waals surface area contributed by atoms with Crippen LogP contribution in [-0.4, -0.2) is 18.2 Å². The average Bonchev–Trinajstić information content (AvgIpc) is 1.82. The maximum absolute atomic E-state index is 10.1. The zero-order valence-corrected chi connectivity index (χ0v) is 7.73. The Labute approximate surface area is 75.5 Å². The van der Waals surface area contributed by atoms with Crippen molar-refractivity contribution < 1.29 is 9.59 Å². The maximum atomic E-state index is 10.1. The first-order valence-electron chi connectivity index (χ1n) is 3.72. The minimum atomic E-state index is 0. The maximum Gasteiger partial charge on any atom is 0.216 e. The largest absolute Gasteiger partial charge is 0.356 e. The van der Waals surface area contributed by atoms with E-state index in [9.17, 15) is 9.59 Å². The number of rotatable bonds is 2. The summed E-state index contributed by atoms with van der Waals surface area (Å²) in [7, 11) is 0. The second-order valence-corrected chi connectivity index (χ2v) is 2.39. The highest BCUT2D eigenvalue weighted by molar-refractivity contribution is 5.72. The first-order chi connectivity index (χ1) is 5.00. The van der Waals surface area contributed by atoms with Crippen LogP contribution in [-0.2, 0) is 9.59 Å². The van der Waals surface area contributed by atoms with Crippen LogP contribution in [0, 0.1) is 0 Å².